The number of rotatable bonds is 1. The zero-order chi connectivity index (χ0) is 15.0. The Morgan fingerprint density at radius 2 is 1.86 bits per heavy atom. The van der Waals surface area contributed by atoms with Crippen molar-refractivity contribution in [3.8, 4) is 0 Å². The van der Waals surface area contributed by atoms with Crippen LogP contribution in [0.1, 0.15) is 34.2 Å². The summed E-state index contributed by atoms with van der Waals surface area (Å²) in [5.74, 6) is 0. The van der Waals surface area contributed by atoms with Crippen LogP contribution in [0.2, 0.25) is 0 Å². The summed E-state index contributed by atoms with van der Waals surface area (Å²) >= 11 is -0.826. The minimum atomic E-state index is -0.826. The van der Waals surface area contributed by atoms with Gasteiger partial charge in [-0.25, -0.2) is 0 Å². The third-order valence-corrected chi connectivity index (χ3v) is 4.63. The van der Waals surface area contributed by atoms with Gasteiger partial charge in [0.1, 0.15) is 0 Å². The normalized spacial score (nSPS) is 15.1. The second kappa shape index (κ2) is 6.49. The van der Waals surface area contributed by atoms with Crippen molar-refractivity contribution in [3.63, 3.8) is 0 Å². The number of benzene rings is 1. The van der Waals surface area contributed by atoms with Gasteiger partial charge in [0.15, 0.2) is 0 Å². The van der Waals surface area contributed by atoms with E-state index in [1.165, 1.54) is 40.5 Å². The van der Waals surface area contributed by atoms with E-state index in [1.54, 1.807) is 16.5 Å². The van der Waals surface area contributed by atoms with Crippen molar-refractivity contribution >= 4 is 33.4 Å². The van der Waals surface area contributed by atoms with Gasteiger partial charge in [0, 0.05) is 0 Å². The standard InChI is InChI=1S/C18H17.2ClH.Zr/c1-11-9-14-10-17(13-5-3-4-6-13)16-8-7-15(11)18(14)12(16)2;;;/h3-5,9-10H,6-8H2,1-2H3;2*1H;/q-1;;;+2/p-2. The first-order chi connectivity index (χ1) is 10.2. The summed E-state index contributed by atoms with van der Waals surface area (Å²) in [5.41, 5.74) is 9.20. The van der Waals surface area contributed by atoms with Gasteiger partial charge in [-0.15, -0.1) is 34.0 Å². The molecule has 0 saturated carbocycles. The Morgan fingerprint density at radius 1 is 1.14 bits per heavy atom. The van der Waals surface area contributed by atoms with Crippen LogP contribution in [-0.4, -0.2) is 0 Å². The van der Waals surface area contributed by atoms with E-state index >= 15 is 0 Å². The van der Waals surface area contributed by atoms with E-state index in [0.717, 1.165) is 6.42 Å². The average molecular weight is 395 g/mol. The molecule has 0 spiro atoms. The number of hydrogen-bond donors (Lipinski definition) is 0. The minimum absolute atomic E-state index is 0.826. The Hall–Kier alpha value is -0.227. The average Bonchev–Trinajstić information content (AvgIpc) is 3.06. The molecule has 0 aliphatic heterocycles. The van der Waals surface area contributed by atoms with Gasteiger partial charge in [0.25, 0.3) is 0 Å². The Morgan fingerprint density at radius 3 is 2.52 bits per heavy atom. The Kier molecular flexibility index (Phi) is 4.84. The van der Waals surface area contributed by atoms with Gasteiger partial charge in [-0.2, -0.15) is 0 Å². The molecule has 21 heavy (non-hydrogen) atoms. The maximum absolute atomic E-state index is 4.93. The van der Waals surface area contributed by atoms with Crippen molar-refractivity contribution in [3.05, 3.63) is 58.2 Å². The second-order valence-electron chi connectivity index (χ2n) is 5.69. The third kappa shape index (κ3) is 2.74. The summed E-state index contributed by atoms with van der Waals surface area (Å²) in [6, 6.07) is 4.80. The monoisotopic (exact) mass is 393 g/mol. The van der Waals surface area contributed by atoms with Crippen molar-refractivity contribution in [2.45, 2.75) is 33.1 Å². The van der Waals surface area contributed by atoms with Crippen molar-refractivity contribution in [1.82, 2.24) is 0 Å². The fourth-order valence-corrected chi connectivity index (χ4v) is 3.74. The number of aryl methyl sites for hydroxylation is 3. The van der Waals surface area contributed by atoms with Crippen LogP contribution in [0.4, 0.5) is 0 Å². The van der Waals surface area contributed by atoms with Gasteiger partial charge in [-0.3, -0.25) is 0 Å². The number of allylic oxidation sites excluding steroid dienone is 4. The molecule has 108 valence electrons. The fourth-order valence-electron chi connectivity index (χ4n) is 3.74. The predicted octanol–water partition coefficient (Wildman–Crippen LogP) is 5.99. The molecule has 0 unspecified atom stereocenters. The first-order valence-corrected chi connectivity index (χ1v) is 13.5. The van der Waals surface area contributed by atoms with E-state index in [4.69, 9.17) is 17.0 Å². The Labute approximate surface area is 144 Å². The van der Waals surface area contributed by atoms with E-state index in [0.29, 0.717) is 0 Å². The van der Waals surface area contributed by atoms with Gasteiger partial charge in [0.05, 0.1) is 0 Å². The van der Waals surface area contributed by atoms with Crippen molar-refractivity contribution in [1.29, 1.82) is 0 Å². The SMILES string of the molecule is Cc1[cH-]c2cc(C3=CC=CC3)c3c(C)c2c1CC3.[Cl][Zr][Cl]. The predicted molar refractivity (Wildman–Crippen MR) is 89.9 cm³/mol. The molecule has 0 atom stereocenters. The molecular formula is C18H17Cl2Zr-. The van der Waals surface area contributed by atoms with Gasteiger partial charge >= 0.3 is 37.9 Å². The van der Waals surface area contributed by atoms with Gasteiger partial charge in [0.2, 0.25) is 0 Å². The molecule has 2 aliphatic carbocycles. The molecule has 2 aliphatic rings. The first-order valence-electron chi connectivity index (χ1n) is 7.21. The van der Waals surface area contributed by atoms with E-state index in [-0.39, 0.29) is 0 Å². The van der Waals surface area contributed by atoms with Gasteiger partial charge in [-0.05, 0) is 25.3 Å². The molecule has 0 nitrogen and oxygen atoms in total. The van der Waals surface area contributed by atoms with E-state index in [9.17, 15) is 0 Å². The van der Waals surface area contributed by atoms with E-state index in [1.807, 2.05) is 0 Å². The van der Waals surface area contributed by atoms with Crippen molar-refractivity contribution < 1.29 is 20.8 Å². The molecule has 4 rings (SSSR count). The van der Waals surface area contributed by atoms with Crippen LogP contribution < -0.4 is 0 Å². The molecule has 2 aromatic rings. The first kappa shape index (κ1) is 15.7. The maximum atomic E-state index is 4.93. The molecule has 0 radical (unpaired) electrons. The molecule has 0 fully saturated rings. The fraction of sp³-hybridized carbons (Fsp3) is 0.278. The van der Waals surface area contributed by atoms with Crippen LogP contribution in [-0.2, 0) is 33.7 Å². The summed E-state index contributed by atoms with van der Waals surface area (Å²) in [6.45, 7) is 4.57. The number of halogens is 2. The molecule has 0 heterocycles. The summed E-state index contributed by atoms with van der Waals surface area (Å²) in [5, 5.41) is 3.00. The third-order valence-electron chi connectivity index (χ3n) is 4.63. The van der Waals surface area contributed by atoms with E-state index in [2.05, 4.69) is 44.2 Å². The zero-order valence-corrected chi connectivity index (χ0v) is 16.2. The quantitative estimate of drug-likeness (QED) is 0.520. The summed E-state index contributed by atoms with van der Waals surface area (Å²) in [7, 11) is 9.87. The topological polar surface area (TPSA) is 0 Å². The van der Waals surface area contributed by atoms with Gasteiger partial charge < -0.3 is 0 Å². The zero-order valence-electron chi connectivity index (χ0n) is 12.3. The van der Waals surface area contributed by atoms with Crippen LogP contribution >= 0.6 is 17.0 Å². The van der Waals surface area contributed by atoms with Gasteiger partial charge in [-0.1, -0.05) is 48.3 Å². The summed E-state index contributed by atoms with van der Waals surface area (Å²) in [6.07, 6.45) is 10.3. The molecule has 2 aromatic carbocycles. The van der Waals surface area contributed by atoms with Crippen LogP contribution in [0.3, 0.4) is 0 Å². The molecule has 0 amide bonds. The van der Waals surface area contributed by atoms with Crippen LogP contribution in [0, 0.1) is 13.8 Å². The van der Waals surface area contributed by atoms with Crippen LogP contribution in [0.5, 0.6) is 0 Å². The number of hydrogen-bond acceptors (Lipinski definition) is 0. The van der Waals surface area contributed by atoms with Crippen molar-refractivity contribution in [2.24, 2.45) is 0 Å². The van der Waals surface area contributed by atoms with E-state index < -0.39 is 20.8 Å². The van der Waals surface area contributed by atoms with Crippen LogP contribution in [0.25, 0.3) is 16.3 Å². The van der Waals surface area contributed by atoms with Crippen LogP contribution in [0.15, 0.2) is 30.4 Å². The molecule has 2 bridgehead atoms. The number of fused-ring (bicyclic) bond motifs is 1. The van der Waals surface area contributed by atoms with Crippen molar-refractivity contribution in [2.75, 3.05) is 0 Å². The molecule has 0 saturated heterocycles. The second-order valence-corrected chi connectivity index (χ2v) is 9.43. The Balaban J connectivity index is 0.000000409. The molecule has 0 N–H and O–H groups in total. The molecule has 0 aromatic heterocycles. The molecular weight excluding hydrogens is 378 g/mol. The summed E-state index contributed by atoms with van der Waals surface area (Å²) < 4.78 is 0. The summed E-state index contributed by atoms with van der Waals surface area (Å²) in [4.78, 5) is 0. The molecule has 3 heteroatoms. The Bertz CT molecular complexity index is 750.